The van der Waals surface area contributed by atoms with E-state index in [0.717, 1.165) is 51.9 Å². The largest absolute Gasteiger partial charge is 0.369 e. The molecule has 1 aliphatic carbocycles. The summed E-state index contributed by atoms with van der Waals surface area (Å²) in [6, 6.07) is 9.24. The van der Waals surface area contributed by atoms with Crippen LogP contribution < -0.4 is 4.72 Å². The summed E-state index contributed by atoms with van der Waals surface area (Å²) in [6.07, 6.45) is 12.0. The molecular weight excluding hydrogens is 406 g/mol. The number of nitrogens with zero attached hydrogens (tertiary/aromatic N) is 2. The van der Waals surface area contributed by atoms with Crippen LogP contribution in [0.4, 0.5) is 0 Å². The van der Waals surface area contributed by atoms with Gasteiger partial charge in [-0.1, -0.05) is 50.8 Å². The molecule has 0 radical (unpaired) electrons. The molecule has 0 aromatic heterocycles. The fourth-order valence-electron chi connectivity index (χ4n) is 4.29. The highest BCUT2D eigenvalue weighted by Crippen LogP contribution is 2.26. The Kier molecular flexibility index (Phi) is 10.5. The van der Waals surface area contributed by atoms with Crippen molar-refractivity contribution in [1.29, 1.82) is 0 Å². The molecule has 31 heavy (non-hydrogen) atoms. The topological polar surface area (TPSA) is 52.6 Å². The average Bonchev–Trinajstić information content (AvgIpc) is 2.82. The minimum atomic E-state index is -3.42. The molecule has 5 nitrogen and oxygen atoms in total. The Bertz CT molecular complexity index is 818. The Morgan fingerprint density at radius 1 is 1.03 bits per heavy atom. The zero-order valence-electron chi connectivity index (χ0n) is 19.3. The van der Waals surface area contributed by atoms with Crippen molar-refractivity contribution in [3.8, 4) is 0 Å². The first-order valence-corrected chi connectivity index (χ1v) is 13.0. The minimum absolute atomic E-state index is 0.0360. The van der Waals surface area contributed by atoms with E-state index in [4.69, 9.17) is 0 Å². The molecule has 1 aromatic rings. The second-order valence-corrected chi connectivity index (χ2v) is 9.50. The maximum atomic E-state index is 12.5. The van der Waals surface area contributed by atoms with E-state index in [1.807, 2.05) is 39.0 Å². The van der Waals surface area contributed by atoms with E-state index >= 15 is 0 Å². The van der Waals surface area contributed by atoms with Gasteiger partial charge < -0.3 is 4.90 Å². The first-order chi connectivity index (χ1) is 15.0. The zero-order chi connectivity index (χ0) is 22.7. The highest BCUT2D eigenvalue weighted by atomic mass is 32.2. The van der Waals surface area contributed by atoms with Gasteiger partial charge in [-0.3, -0.25) is 4.90 Å². The summed E-state index contributed by atoms with van der Waals surface area (Å²) < 4.78 is 28.0. The van der Waals surface area contributed by atoms with E-state index in [1.165, 1.54) is 5.70 Å². The van der Waals surface area contributed by atoms with Crippen LogP contribution in [-0.2, 0) is 10.0 Å². The van der Waals surface area contributed by atoms with Gasteiger partial charge in [-0.05, 0) is 56.9 Å². The summed E-state index contributed by atoms with van der Waals surface area (Å²) in [6.45, 7) is 14.1. The van der Waals surface area contributed by atoms with Crippen LogP contribution >= 0.6 is 0 Å². The van der Waals surface area contributed by atoms with E-state index in [9.17, 15) is 8.42 Å². The van der Waals surface area contributed by atoms with E-state index < -0.39 is 10.0 Å². The number of piperazine rings is 1. The fraction of sp³-hybridized carbons (Fsp3) is 0.520. The molecule has 0 atom stereocenters. The van der Waals surface area contributed by atoms with E-state index in [1.54, 1.807) is 24.3 Å². The number of nitrogens with one attached hydrogen (secondary N) is 1. The monoisotopic (exact) mass is 445 g/mol. The molecular formula is C25H39N3O2S. The van der Waals surface area contributed by atoms with Crippen molar-refractivity contribution in [2.24, 2.45) is 0 Å². The molecule has 172 valence electrons. The molecule has 1 saturated heterocycles. The Morgan fingerprint density at radius 3 is 2.19 bits per heavy atom. The molecule has 3 rings (SSSR count). The van der Waals surface area contributed by atoms with Gasteiger partial charge in [-0.15, -0.1) is 0 Å². The molecule has 0 unspecified atom stereocenters. The lowest BCUT2D eigenvalue weighted by Crippen LogP contribution is -2.51. The van der Waals surface area contributed by atoms with Gasteiger partial charge in [0.1, 0.15) is 0 Å². The number of sulfonamides is 1. The van der Waals surface area contributed by atoms with Crippen molar-refractivity contribution in [3.05, 3.63) is 66.9 Å². The lowest BCUT2D eigenvalue weighted by molar-refractivity contribution is 0.0915. The molecule has 0 spiro atoms. The van der Waals surface area contributed by atoms with Crippen LogP contribution in [-0.4, -0.2) is 56.5 Å². The van der Waals surface area contributed by atoms with Gasteiger partial charge >= 0.3 is 0 Å². The fourth-order valence-corrected chi connectivity index (χ4v) is 5.61. The molecule has 6 heteroatoms. The highest BCUT2D eigenvalue weighted by Gasteiger charge is 2.30. The SMILES string of the molecule is C=C/C(=C\C=C/C)N1CCN(C2CCC(NS(=O)(=O)c3ccccc3)CC2)CC1.CC. The molecule has 1 saturated carbocycles. The first kappa shape index (κ1) is 25.4. The van der Waals surface area contributed by atoms with Gasteiger partial charge in [-0.2, -0.15) is 0 Å². The third kappa shape index (κ3) is 7.34. The average molecular weight is 446 g/mol. The Hall–Kier alpha value is -1.89. The smallest absolute Gasteiger partial charge is 0.240 e. The highest BCUT2D eigenvalue weighted by molar-refractivity contribution is 7.89. The number of benzene rings is 1. The third-order valence-electron chi connectivity index (χ3n) is 5.94. The first-order valence-electron chi connectivity index (χ1n) is 11.6. The summed E-state index contributed by atoms with van der Waals surface area (Å²) in [5, 5.41) is 0. The molecule has 2 fully saturated rings. The van der Waals surface area contributed by atoms with Crippen molar-refractivity contribution in [2.75, 3.05) is 26.2 Å². The number of rotatable bonds is 7. The predicted molar refractivity (Wildman–Crippen MR) is 130 cm³/mol. The van der Waals surface area contributed by atoms with Gasteiger partial charge in [-0.25, -0.2) is 13.1 Å². The van der Waals surface area contributed by atoms with E-state index in [0.29, 0.717) is 10.9 Å². The van der Waals surface area contributed by atoms with E-state index in [2.05, 4.69) is 33.3 Å². The third-order valence-corrected chi connectivity index (χ3v) is 7.47. The lowest BCUT2D eigenvalue weighted by atomic mass is 9.90. The number of hydrogen-bond donors (Lipinski definition) is 1. The van der Waals surface area contributed by atoms with Crippen LogP contribution in [0.1, 0.15) is 46.5 Å². The second-order valence-electron chi connectivity index (χ2n) is 7.78. The molecule has 1 aliphatic heterocycles. The number of allylic oxidation sites excluding steroid dienone is 4. The summed E-state index contributed by atoms with van der Waals surface area (Å²) in [5.41, 5.74) is 1.18. The lowest BCUT2D eigenvalue weighted by Gasteiger charge is -2.43. The Labute approximate surface area is 189 Å². The maximum Gasteiger partial charge on any atom is 0.240 e. The van der Waals surface area contributed by atoms with Crippen LogP contribution in [0.25, 0.3) is 0 Å². The van der Waals surface area contributed by atoms with E-state index in [-0.39, 0.29) is 6.04 Å². The van der Waals surface area contributed by atoms with Crippen molar-refractivity contribution < 1.29 is 8.42 Å². The van der Waals surface area contributed by atoms with Gasteiger partial charge in [0.2, 0.25) is 10.0 Å². The Balaban J connectivity index is 0.00000166. The van der Waals surface area contributed by atoms with Crippen LogP contribution in [0.2, 0.25) is 0 Å². The quantitative estimate of drug-likeness (QED) is 0.625. The van der Waals surface area contributed by atoms with Gasteiger partial charge in [0.15, 0.2) is 0 Å². The van der Waals surface area contributed by atoms with Gasteiger partial charge in [0.05, 0.1) is 4.90 Å². The van der Waals surface area contributed by atoms with Crippen molar-refractivity contribution in [2.45, 2.75) is 63.4 Å². The summed E-state index contributed by atoms with van der Waals surface area (Å²) in [4.78, 5) is 5.32. The maximum absolute atomic E-state index is 12.5. The summed E-state index contributed by atoms with van der Waals surface area (Å²) >= 11 is 0. The van der Waals surface area contributed by atoms with Crippen LogP contribution in [0.5, 0.6) is 0 Å². The van der Waals surface area contributed by atoms with Crippen LogP contribution in [0, 0.1) is 0 Å². The summed E-state index contributed by atoms with van der Waals surface area (Å²) in [5.74, 6) is 0. The van der Waals surface area contributed by atoms with Crippen molar-refractivity contribution >= 4 is 10.0 Å². The van der Waals surface area contributed by atoms with Gasteiger partial charge in [0.25, 0.3) is 0 Å². The molecule has 1 heterocycles. The molecule has 0 bridgehead atoms. The molecule has 2 aliphatic rings. The zero-order valence-corrected chi connectivity index (χ0v) is 20.2. The molecule has 0 amide bonds. The van der Waals surface area contributed by atoms with Gasteiger partial charge in [0, 0.05) is 44.0 Å². The predicted octanol–water partition coefficient (Wildman–Crippen LogP) is 4.57. The van der Waals surface area contributed by atoms with Crippen LogP contribution in [0.3, 0.4) is 0 Å². The normalized spacial score (nSPS) is 23.3. The van der Waals surface area contributed by atoms with Crippen LogP contribution in [0.15, 0.2) is 71.8 Å². The van der Waals surface area contributed by atoms with Crippen molar-refractivity contribution in [1.82, 2.24) is 14.5 Å². The standard InChI is InChI=1S/C23H33N3O2S.C2H6/c1-3-5-9-21(4-2)25-16-18-26(19-17-25)22-14-12-20(13-15-22)24-29(27,28)23-10-7-6-8-11-23;1-2/h3-11,20,22,24H,2,12-19H2,1H3;1-2H3/b5-3-,21-9+;. The molecule has 1 N–H and O–H groups in total. The second kappa shape index (κ2) is 12.8. The minimum Gasteiger partial charge on any atom is -0.369 e. The number of hydrogen-bond acceptors (Lipinski definition) is 4. The summed E-state index contributed by atoms with van der Waals surface area (Å²) in [7, 11) is -3.42. The Morgan fingerprint density at radius 2 is 1.65 bits per heavy atom. The molecule has 1 aromatic carbocycles. The van der Waals surface area contributed by atoms with Crippen molar-refractivity contribution in [3.63, 3.8) is 0 Å².